The summed E-state index contributed by atoms with van der Waals surface area (Å²) >= 11 is 0. The fraction of sp³-hybridized carbons (Fsp3) is 0.600. The van der Waals surface area contributed by atoms with Crippen molar-refractivity contribution in [3.05, 3.63) is 29.8 Å². The van der Waals surface area contributed by atoms with Gasteiger partial charge in [0.25, 0.3) is 0 Å². The molecule has 1 aromatic carbocycles. The second-order valence-corrected chi connectivity index (χ2v) is 5.17. The van der Waals surface area contributed by atoms with Crippen molar-refractivity contribution in [2.45, 2.75) is 52.0 Å². The third kappa shape index (κ3) is 3.01. The first-order valence-corrected chi connectivity index (χ1v) is 6.63. The Morgan fingerprint density at radius 2 is 2.19 bits per heavy atom. The molecule has 0 heterocycles. The Morgan fingerprint density at radius 3 is 2.94 bits per heavy atom. The van der Waals surface area contributed by atoms with Gasteiger partial charge in [-0.2, -0.15) is 0 Å². The Kier molecular flexibility index (Phi) is 3.87. The van der Waals surface area contributed by atoms with Crippen molar-refractivity contribution >= 4 is 5.69 Å². The standard InChI is InChI=1S/C15H23N/c1-3-13-7-5-9-15(11-13)16-14-8-4-6-12(2)10-14/h5,7,9,11-12,14,16H,3-4,6,8,10H2,1-2H3. The van der Waals surface area contributed by atoms with Crippen molar-refractivity contribution in [2.75, 3.05) is 5.32 Å². The van der Waals surface area contributed by atoms with Crippen molar-refractivity contribution in [3.8, 4) is 0 Å². The van der Waals surface area contributed by atoms with Crippen LogP contribution in [0.25, 0.3) is 0 Å². The first kappa shape index (κ1) is 11.5. The Hall–Kier alpha value is -0.980. The minimum absolute atomic E-state index is 0.691. The van der Waals surface area contributed by atoms with Crippen LogP contribution in [0.4, 0.5) is 5.69 Å². The van der Waals surface area contributed by atoms with E-state index in [1.807, 2.05) is 0 Å². The van der Waals surface area contributed by atoms with Crippen LogP contribution < -0.4 is 5.32 Å². The maximum Gasteiger partial charge on any atom is 0.0345 e. The van der Waals surface area contributed by atoms with E-state index in [4.69, 9.17) is 0 Å². The summed E-state index contributed by atoms with van der Waals surface area (Å²) in [6, 6.07) is 9.54. The fourth-order valence-corrected chi connectivity index (χ4v) is 2.68. The largest absolute Gasteiger partial charge is 0.382 e. The summed E-state index contributed by atoms with van der Waals surface area (Å²) in [5.74, 6) is 0.889. The van der Waals surface area contributed by atoms with Crippen LogP contribution in [-0.2, 0) is 6.42 Å². The maximum absolute atomic E-state index is 3.69. The number of anilines is 1. The van der Waals surface area contributed by atoms with Crippen LogP contribution in [0.5, 0.6) is 0 Å². The smallest absolute Gasteiger partial charge is 0.0345 e. The summed E-state index contributed by atoms with van der Waals surface area (Å²) in [4.78, 5) is 0. The van der Waals surface area contributed by atoms with E-state index in [0.717, 1.165) is 12.3 Å². The van der Waals surface area contributed by atoms with Crippen molar-refractivity contribution in [3.63, 3.8) is 0 Å². The monoisotopic (exact) mass is 217 g/mol. The van der Waals surface area contributed by atoms with E-state index in [-0.39, 0.29) is 0 Å². The highest BCUT2D eigenvalue weighted by Crippen LogP contribution is 2.26. The first-order valence-electron chi connectivity index (χ1n) is 6.63. The van der Waals surface area contributed by atoms with Crippen molar-refractivity contribution in [2.24, 2.45) is 5.92 Å². The summed E-state index contributed by atoms with van der Waals surface area (Å²) in [5.41, 5.74) is 2.73. The molecule has 0 radical (unpaired) electrons. The van der Waals surface area contributed by atoms with Gasteiger partial charge < -0.3 is 5.32 Å². The van der Waals surface area contributed by atoms with Gasteiger partial charge in [-0.1, -0.05) is 38.8 Å². The van der Waals surface area contributed by atoms with E-state index in [0.29, 0.717) is 6.04 Å². The van der Waals surface area contributed by atoms with Gasteiger partial charge in [-0.15, -0.1) is 0 Å². The van der Waals surface area contributed by atoms with E-state index in [9.17, 15) is 0 Å². The lowest BCUT2D eigenvalue weighted by Gasteiger charge is -2.28. The third-order valence-electron chi connectivity index (χ3n) is 3.64. The van der Waals surface area contributed by atoms with Gasteiger partial charge in [0.1, 0.15) is 0 Å². The Morgan fingerprint density at radius 1 is 1.31 bits per heavy atom. The molecule has 2 unspecified atom stereocenters. The normalized spacial score (nSPS) is 25.4. The van der Waals surface area contributed by atoms with E-state index in [2.05, 4.69) is 43.4 Å². The van der Waals surface area contributed by atoms with Crippen LogP contribution in [0.15, 0.2) is 24.3 Å². The summed E-state index contributed by atoms with van der Waals surface area (Å²) < 4.78 is 0. The van der Waals surface area contributed by atoms with Crippen LogP contribution >= 0.6 is 0 Å². The molecule has 16 heavy (non-hydrogen) atoms. The summed E-state index contributed by atoms with van der Waals surface area (Å²) in [6.45, 7) is 4.58. The second-order valence-electron chi connectivity index (χ2n) is 5.17. The van der Waals surface area contributed by atoms with Crippen LogP contribution in [0, 0.1) is 5.92 Å². The Labute approximate surface area is 99.3 Å². The highest BCUT2D eigenvalue weighted by molar-refractivity contribution is 5.46. The van der Waals surface area contributed by atoms with E-state index >= 15 is 0 Å². The lowest BCUT2D eigenvalue weighted by Crippen LogP contribution is -2.26. The van der Waals surface area contributed by atoms with Crippen LogP contribution in [0.3, 0.4) is 0 Å². The molecular formula is C15H23N. The van der Waals surface area contributed by atoms with Gasteiger partial charge in [0, 0.05) is 11.7 Å². The third-order valence-corrected chi connectivity index (χ3v) is 3.64. The molecule has 2 rings (SSSR count). The molecule has 1 aromatic rings. The lowest BCUT2D eigenvalue weighted by molar-refractivity contribution is 0.358. The molecule has 1 saturated carbocycles. The Balaban J connectivity index is 1.97. The lowest BCUT2D eigenvalue weighted by atomic mass is 9.87. The first-order chi connectivity index (χ1) is 7.78. The number of hydrogen-bond acceptors (Lipinski definition) is 1. The predicted molar refractivity (Wildman–Crippen MR) is 70.9 cm³/mol. The average molecular weight is 217 g/mol. The molecule has 88 valence electrons. The summed E-state index contributed by atoms with van der Waals surface area (Å²) in [5, 5.41) is 3.69. The molecule has 0 saturated heterocycles. The zero-order chi connectivity index (χ0) is 11.4. The topological polar surface area (TPSA) is 12.0 Å². The van der Waals surface area contributed by atoms with Crippen molar-refractivity contribution in [1.82, 2.24) is 0 Å². The van der Waals surface area contributed by atoms with Crippen LogP contribution in [-0.4, -0.2) is 6.04 Å². The molecule has 2 atom stereocenters. The average Bonchev–Trinajstić information content (AvgIpc) is 2.29. The summed E-state index contributed by atoms with van der Waals surface area (Å²) in [6.07, 6.45) is 6.58. The van der Waals surface area contributed by atoms with Gasteiger partial charge in [0.15, 0.2) is 0 Å². The SMILES string of the molecule is CCc1cccc(NC2CCCC(C)C2)c1. The quantitative estimate of drug-likeness (QED) is 0.798. The second kappa shape index (κ2) is 5.38. The van der Waals surface area contributed by atoms with E-state index < -0.39 is 0 Å². The minimum atomic E-state index is 0.691. The number of nitrogens with one attached hydrogen (secondary N) is 1. The fourth-order valence-electron chi connectivity index (χ4n) is 2.68. The van der Waals surface area contributed by atoms with E-state index in [1.165, 1.54) is 36.9 Å². The molecule has 1 nitrogen and oxygen atoms in total. The molecule has 0 aliphatic heterocycles. The van der Waals surface area contributed by atoms with Gasteiger partial charge in [-0.3, -0.25) is 0 Å². The Bertz CT molecular complexity index is 332. The van der Waals surface area contributed by atoms with E-state index in [1.54, 1.807) is 0 Å². The van der Waals surface area contributed by atoms with Gasteiger partial charge >= 0.3 is 0 Å². The number of benzene rings is 1. The van der Waals surface area contributed by atoms with Gasteiger partial charge in [0.05, 0.1) is 0 Å². The zero-order valence-electron chi connectivity index (χ0n) is 10.5. The molecule has 1 aliphatic rings. The number of hydrogen-bond donors (Lipinski definition) is 1. The molecule has 0 spiro atoms. The highest BCUT2D eigenvalue weighted by atomic mass is 14.9. The molecule has 1 aliphatic carbocycles. The molecule has 1 fully saturated rings. The molecule has 0 amide bonds. The maximum atomic E-state index is 3.69. The molecule has 0 bridgehead atoms. The number of rotatable bonds is 3. The minimum Gasteiger partial charge on any atom is -0.382 e. The van der Waals surface area contributed by atoms with Gasteiger partial charge in [-0.25, -0.2) is 0 Å². The summed E-state index contributed by atoms with van der Waals surface area (Å²) in [7, 11) is 0. The van der Waals surface area contributed by atoms with Crippen LogP contribution in [0.1, 0.15) is 45.1 Å². The van der Waals surface area contributed by atoms with Crippen molar-refractivity contribution in [1.29, 1.82) is 0 Å². The molecule has 1 N–H and O–H groups in total. The molecule has 1 heteroatoms. The van der Waals surface area contributed by atoms with Gasteiger partial charge in [0.2, 0.25) is 0 Å². The number of aryl methyl sites for hydroxylation is 1. The van der Waals surface area contributed by atoms with Gasteiger partial charge in [-0.05, 0) is 42.9 Å². The molecular weight excluding hydrogens is 194 g/mol. The predicted octanol–water partition coefficient (Wildman–Crippen LogP) is 4.24. The molecule has 0 aromatic heterocycles. The van der Waals surface area contributed by atoms with Crippen molar-refractivity contribution < 1.29 is 0 Å². The highest BCUT2D eigenvalue weighted by Gasteiger charge is 2.18. The zero-order valence-corrected chi connectivity index (χ0v) is 10.5. The van der Waals surface area contributed by atoms with Crippen LogP contribution in [0.2, 0.25) is 0 Å².